The number of aliphatic carboxylic acids is 1. The number of aliphatic hydroxyl groups excluding tert-OH is 1. The van der Waals surface area contributed by atoms with Gasteiger partial charge in [-0.05, 0) is 30.0 Å². The Labute approximate surface area is 168 Å². The number of carbonyl (C=O) groups excluding carboxylic acids is 3. The molecule has 1 atom stereocenters. The van der Waals surface area contributed by atoms with Crippen LogP contribution in [0.5, 0.6) is 0 Å². The average Bonchev–Trinajstić information content (AvgIpc) is 2.98. The zero-order valence-corrected chi connectivity index (χ0v) is 15.7. The number of nitrogens with zero attached hydrogens (tertiary/aromatic N) is 1. The molecule has 3 rings (SSSR count). The fraction of sp³-hybridized carbons (Fsp3) is 0.174. The highest BCUT2D eigenvalue weighted by atomic mass is 16.4. The Hall–Kier alpha value is -3.67. The van der Waals surface area contributed by atoms with Gasteiger partial charge >= 0.3 is 0 Å². The Kier molecular flexibility index (Phi) is 6.24. The number of carboxylic acids is 1. The molecule has 0 spiro atoms. The van der Waals surface area contributed by atoms with E-state index < -0.39 is 29.5 Å². The fourth-order valence-electron chi connectivity index (χ4n) is 3.34. The van der Waals surface area contributed by atoms with Crippen molar-refractivity contribution in [2.24, 2.45) is 0 Å². The lowest BCUT2D eigenvalue weighted by molar-refractivity contribution is -0.305. The van der Waals surface area contributed by atoms with Gasteiger partial charge in [0.05, 0.1) is 11.6 Å². The van der Waals surface area contributed by atoms with Gasteiger partial charge in [0.15, 0.2) is 11.5 Å². The summed E-state index contributed by atoms with van der Waals surface area (Å²) >= 11 is 0. The van der Waals surface area contributed by atoms with E-state index in [0.29, 0.717) is 5.56 Å². The van der Waals surface area contributed by atoms with Crippen LogP contribution in [-0.2, 0) is 14.4 Å². The molecule has 0 aromatic heterocycles. The van der Waals surface area contributed by atoms with Gasteiger partial charge in [-0.25, -0.2) is 0 Å². The van der Waals surface area contributed by atoms with Crippen LogP contribution in [-0.4, -0.2) is 34.2 Å². The van der Waals surface area contributed by atoms with Crippen LogP contribution in [0.4, 0.5) is 0 Å². The highest BCUT2D eigenvalue weighted by molar-refractivity contribution is 6.14. The molecule has 0 fully saturated rings. The van der Waals surface area contributed by atoms with Crippen molar-refractivity contribution in [3.63, 3.8) is 0 Å². The normalized spacial score (nSPS) is 16.6. The van der Waals surface area contributed by atoms with Crippen LogP contribution in [0.25, 0.3) is 6.08 Å². The van der Waals surface area contributed by atoms with E-state index in [0.717, 1.165) is 5.56 Å². The van der Waals surface area contributed by atoms with Gasteiger partial charge in [-0.15, -0.1) is 0 Å². The van der Waals surface area contributed by atoms with Gasteiger partial charge in [0.25, 0.3) is 5.91 Å². The number of carboxylic acid groups (broad SMARTS) is 1. The molecule has 1 N–H and O–H groups in total. The molecule has 0 bridgehead atoms. The first kappa shape index (κ1) is 20.1. The Morgan fingerprint density at radius 2 is 1.66 bits per heavy atom. The van der Waals surface area contributed by atoms with Crippen LogP contribution in [0.1, 0.15) is 30.0 Å². The lowest BCUT2D eigenvalue weighted by Crippen LogP contribution is -2.33. The predicted octanol–water partition coefficient (Wildman–Crippen LogP) is 2.19. The number of hydrogen-bond acceptors (Lipinski definition) is 5. The minimum Gasteiger partial charge on any atom is -0.550 e. The van der Waals surface area contributed by atoms with E-state index in [1.54, 1.807) is 36.4 Å². The van der Waals surface area contributed by atoms with E-state index in [-0.39, 0.29) is 25.0 Å². The van der Waals surface area contributed by atoms with Gasteiger partial charge in [-0.3, -0.25) is 9.59 Å². The number of amides is 1. The molecular formula is C23H20NO5-. The molecular weight excluding hydrogens is 370 g/mol. The van der Waals surface area contributed by atoms with Crippen molar-refractivity contribution in [2.45, 2.75) is 18.9 Å². The lowest BCUT2D eigenvalue weighted by atomic mass is 9.95. The van der Waals surface area contributed by atoms with Crippen molar-refractivity contribution in [3.8, 4) is 0 Å². The van der Waals surface area contributed by atoms with Crippen LogP contribution < -0.4 is 5.11 Å². The molecule has 2 aromatic rings. The monoisotopic (exact) mass is 390 g/mol. The Morgan fingerprint density at radius 3 is 2.28 bits per heavy atom. The summed E-state index contributed by atoms with van der Waals surface area (Å²) in [6, 6.07) is 17.3. The Balaban J connectivity index is 1.92. The summed E-state index contributed by atoms with van der Waals surface area (Å²) in [6.45, 7) is 0.0790. The SMILES string of the molecule is O=C([O-])CCCN1C(=O)C(O)=C(C(=O)/C=C/c2ccccc2)[C@@H]1c1ccccc1. The van der Waals surface area contributed by atoms with E-state index in [4.69, 9.17) is 0 Å². The number of aliphatic hydroxyl groups is 1. The van der Waals surface area contributed by atoms with Crippen molar-refractivity contribution >= 4 is 23.7 Å². The fourth-order valence-corrected chi connectivity index (χ4v) is 3.34. The number of rotatable bonds is 8. The lowest BCUT2D eigenvalue weighted by Gasteiger charge is -2.26. The maximum Gasteiger partial charge on any atom is 0.290 e. The molecule has 148 valence electrons. The first-order valence-corrected chi connectivity index (χ1v) is 9.25. The van der Waals surface area contributed by atoms with Crippen molar-refractivity contribution < 1.29 is 24.6 Å². The third kappa shape index (κ3) is 4.60. The highest BCUT2D eigenvalue weighted by Crippen LogP contribution is 2.38. The zero-order valence-electron chi connectivity index (χ0n) is 15.7. The van der Waals surface area contributed by atoms with Crippen LogP contribution in [0.2, 0.25) is 0 Å². The first-order valence-electron chi connectivity index (χ1n) is 9.25. The smallest absolute Gasteiger partial charge is 0.290 e. The van der Waals surface area contributed by atoms with E-state index in [2.05, 4.69) is 0 Å². The highest BCUT2D eigenvalue weighted by Gasteiger charge is 2.42. The molecule has 0 saturated heterocycles. The Bertz CT molecular complexity index is 963. The van der Waals surface area contributed by atoms with Crippen molar-refractivity contribution in [2.75, 3.05) is 6.54 Å². The number of allylic oxidation sites excluding steroid dienone is 1. The minimum absolute atomic E-state index is 0.0122. The molecule has 29 heavy (non-hydrogen) atoms. The summed E-state index contributed by atoms with van der Waals surface area (Å²) in [6.07, 6.45) is 2.89. The molecule has 0 aliphatic carbocycles. The first-order chi connectivity index (χ1) is 14.0. The summed E-state index contributed by atoms with van der Waals surface area (Å²) < 4.78 is 0. The second-order valence-corrected chi connectivity index (χ2v) is 6.66. The molecule has 1 heterocycles. The van der Waals surface area contributed by atoms with Gasteiger partial charge in [0.1, 0.15) is 0 Å². The molecule has 0 saturated carbocycles. The van der Waals surface area contributed by atoms with Crippen molar-refractivity contribution in [3.05, 3.63) is 89.2 Å². The molecule has 1 amide bonds. The molecule has 2 aromatic carbocycles. The zero-order chi connectivity index (χ0) is 20.8. The minimum atomic E-state index is -1.22. The molecule has 1 aliphatic rings. The number of hydrogen-bond donors (Lipinski definition) is 1. The molecule has 1 aliphatic heterocycles. The van der Waals surface area contributed by atoms with Gasteiger partial charge in [0.2, 0.25) is 0 Å². The average molecular weight is 390 g/mol. The van der Waals surface area contributed by atoms with E-state index >= 15 is 0 Å². The summed E-state index contributed by atoms with van der Waals surface area (Å²) in [7, 11) is 0. The molecule has 6 heteroatoms. The third-order valence-electron chi connectivity index (χ3n) is 4.69. The van der Waals surface area contributed by atoms with Crippen LogP contribution in [0.15, 0.2) is 78.1 Å². The summed E-state index contributed by atoms with van der Waals surface area (Å²) in [5.41, 5.74) is 1.46. The number of benzene rings is 2. The third-order valence-corrected chi connectivity index (χ3v) is 4.69. The van der Waals surface area contributed by atoms with Crippen molar-refractivity contribution in [1.29, 1.82) is 0 Å². The summed E-state index contributed by atoms with van der Waals surface area (Å²) in [5.74, 6) is -2.98. The van der Waals surface area contributed by atoms with Crippen LogP contribution >= 0.6 is 0 Å². The predicted molar refractivity (Wildman–Crippen MR) is 105 cm³/mol. The standard InChI is InChI=1S/C23H21NO5/c25-18(14-13-16-8-3-1-4-9-16)20-21(17-10-5-2-6-11-17)24(23(29)22(20)28)15-7-12-19(26)27/h1-6,8-11,13-14,21,28H,7,12,15H2,(H,26,27)/p-1/b14-13+/t21-/m0/s1. The number of carbonyl (C=O) groups is 3. The number of ketones is 1. The molecule has 6 nitrogen and oxygen atoms in total. The van der Waals surface area contributed by atoms with Crippen LogP contribution in [0.3, 0.4) is 0 Å². The topological polar surface area (TPSA) is 97.7 Å². The second kappa shape index (κ2) is 9.01. The maximum atomic E-state index is 12.9. The summed E-state index contributed by atoms with van der Waals surface area (Å²) in [5, 5.41) is 21.2. The van der Waals surface area contributed by atoms with Gasteiger partial charge in [-0.1, -0.05) is 66.7 Å². The second-order valence-electron chi connectivity index (χ2n) is 6.66. The summed E-state index contributed by atoms with van der Waals surface area (Å²) in [4.78, 5) is 37.6. The largest absolute Gasteiger partial charge is 0.550 e. The maximum absolute atomic E-state index is 12.9. The Morgan fingerprint density at radius 1 is 1.03 bits per heavy atom. The van der Waals surface area contributed by atoms with E-state index in [1.807, 2.05) is 30.3 Å². The van der Waals surface area contributed by atoms with E-state index in [9.17, 15) is 24.6 Å². The molecule has 0 unspecified atom stereocenters. The van der Waals surface area contributed by atoms with Crippen LogP contribution in [0, 0.1) is 0 Å². The van der Waals surface area contributed by atoms with E-state index in [1.165, 1.54) is 11.0 Å². The van der Waals surface area contributed by atoms with Crippen molar-refractivity contribution in [1.82, 2.24) is 4.90 Å². The quantitative estimate of drug-likeness (QED) is 0.697. The van der Waals surface area contributed by atoms with Gasteiger partial charge < -0.3 is 19.9 Å². The molecule has 0 radical (unpaired) electrons. The van der Waals surface area contributed by atoms with Gasteiger partial charge in [-0.2, -0.15) is 0 Å². The van der Waals surface area contributed by atoms with Gasteiger partial charge in [0, 0.05) is 12.5 Å².